The van der Waals surface area contributed by atoms with Gasteiger partial charge in [0.15, 0.2) is 0 Å². The first-order chi connectivity index (χ1) is 8.80. The lowest BCUT2D eigenvalue weighted by atomic mass is 10.1. The van der Waals surface area contributed by atoms with Crippen molar-refractivity contribution in [3.63, 3.8) is 0 Å². The zero-order valence-electron chi connectivity index (χ0n) is 11.9. The molecule has 0 saturated heterocycles. The minimum absolute atomic E-state index is 0.930. The Morgan fingerprint density at radius 2 is 1.83 bits per heavy atom. The molecule has 0 aliphatic rings. The Kier molecular flexibility index (Phi) is 7.46. The van der Waals surface area contributed by atoms with Gasteiger partial charge in [-0.15, -0.1) is 0 Å². The second kappa shape index (κ2) is 8.95. The van der Waals surface area contributed by atoms with Crippen molar-refractivity contribution < 1.29 is 4.74 Å². The lowest BCUT2D eigenvalue weighted by Crippen LogP contribution is -2.33. The van der Waals surface area contributed by atoms with Crippen LogP contribution in [-0.2, 0) is 6.42 Å². The van der Waals surface area contributed by atoms with Crippen LogP contribution in [0.1, 0.15) is 18.9 Å². The molecule has 3 nitrogen and oxygen atoms in total. The first-order valence-electron chi connectivity index (χ1n) is 6.80. The van der Waals surface area contributed by atoms with E-state index in [4.69, 9.17) is 4.74 Å². The van der Waals surface area contributed by atoms with Gasteiger partial charge in [-0.25, -0.2) is 0 Å². The van der Waals surface area contributed by atoms with E-state index in [9.17, 15) is 0 Å². The summed E-state index contributed by atoms with van der Waals surface area (Å²) in [5.41, 5.74) is 1.38. The van der Waals surface area contributed by atoms with Gasteiger partial charge in [0, 0.05) is 19.6 Å². The average Bonchev–Trinajstić information content (AvgIpc) is 2.42. The van der Waals surface area contributed by atoms with E-state index in [2.05, 4.69) is 29.3 Å². The number of likely N-dealkylation sites (N-methyl/N-ethyl adjacent to an activating group) is 1. The summed E-state index contributed by atoms with van der Waals surface area (Å²) in [4.78, 5) is 2.51. The molecule has 1 aromatic rings. The number of rotatable bonds is 9. The minimum atomic E-state index is 0.930. The van der Waals surface area contributed by atoms with Gasteiger partial charge in [-0.3, -0.25) is 0 Å². The van der Waals surface area contributed by atoms with Crippen molar-refractivity contribution in [2.24, 2.45) is 0 Å². The standard InChI is InChI=1S/C15H26N2O/c1-4-11-17(13-10-16-2)12-9-14-5-7-15(18-3)8-6-14/h5-8,16H,4,9-13H2,1-3H3. The molecule has 0 saturated carbocycles. The van der Waals surface area contributed by atoms with Crippen LogP contribution in [0.2, 0.25) is 0 Å². The summed E-state index contributed by atoms with van der Waals surface area (Å²) in [5.74, 6) is 0.930. The van der Waals surface area contributed by atoms with Gasteiger partial charge < -0.3 is 15.0 Å². The van der Waals surface area contributed by atoms with Gasteiger partial charge in [-0.1, -0.05) is 19.1 Å². The molecule has 1 N–H and O–H groups in total. The lowest BCUT2D eigenvalue weighted by molar-refractivity contribution is 0.279. The molecule has 0 amide bonds. The number of ether oxygens (including phenoxy) is 1. The van der Waals surface area contributed by atoms with Crippen molar-refractivity contribution in [2.45, 2.75) is 19.8 Å². The van der Waals surface area contributed by atoms with E-state index in [-0.39, 0.29) is 0 Å². The molecule has 0 bridgehead atoms. The maximum Gasteiger partial charge on any atom is 0.118 e. The fourth-order valence-corrected chi connectivity index (χ4v) is 2.00. The summed E-state index contributed by atoms with van der Waals surface area (Å²) in [7, 11) is 3.71. The van der Waals surface area contributed by atoms with Crippen LogP contribution >= 0.6 is 0 Å². The van der Waals surface area contributed by atoms with E-state index >= 15 is 0 Å². The molecular weight excluding hydrogens is 224 g/mol. The van der Waals surface area contributed by atoms with E-state index < -0.39 is 0 Å². The number of hydrogen-bond donors (Lipinski definition) is 1. The third kappa shape index (κ3) is 5.52. The lowest BCUT2D eigenvalue weighted by Gasteiger charge is -2.21. The van der Waals surface area contributed by atoms with Gasteiger partial charge >= 0.3 is 0 Å². The highest BCUT2D eigenvalue weighted by Gasteiger charge is 2.03. The highest BCUT2D eigenvalue weighted by Crippen LogP contribution is 2.12. The van der Waals surface area contributed by atoms with Crippen LogP contribution in [-0.4, -0.2) is 45.2 Å². The topological polar surface area (TPSA) is 24.5 Å². The first kappa shape index (κ1) is 15.0. The highest BCUT2D eigenvalue weighted by molar-refractivity contribution is 5.27. The summed E-state index contributed by atoms with van der Waals surface area (Å²) in [6, 6.07) is 8.38. The molecule has 0 aromatic heterocycles. The van der Waals surface area contributed by atoms with Gasteiger partial charge in [-0.05, 0) is 44.1 Å². The van der Waals surface area contributed by atoms with Crippen LogP contribution in [0.15, 0.2) is 24.3 Å². The number of nitrogens with one attached hydrogen (secondary N) is 1. The second-order valence-electron chi connectivity index (χ2n) is 4.54. The van der Waals surface area contributed by atoms with Crippen molar-refractivity contribution in [2.75, 3.05) is 40.3 Å². The Bertz CT molecular complexity index is 311. The molecule has 0 unspecified atom stereocenters. The predicted molar refractivity (Wildman–Crippen MR) is 77.4 cm³/mol. The van der Waals surface area contributed by atoms with Gasteiger partial charge in [0.2, 0.25) is 0 Å². The van der Waals surface area contributed by atoms with Gasteiger partial charge in [0.1, 0.15) is 5.75 Å². The van der Waals surface area contributed by atoms with Crippen molar-refractivity contribution in [1.29, 1.82) is 0 Å². The maximum atomic E-state index is 5.17. The van der Waals surface area contributed by atoms with Crippen LogP contribution in [0, 0.1) is 0 Å². The van der Waals surface area contributed by atoms with Gasteiger partial charge in [0.05, 0.1) is 7.11 Å². The minimum Gasteiger partial charge on any atom is -0.497 e. The van der Waals surface area contributed by atoms with Crippen molar-refractivity contribution in [1.82, 2.24) is 10.2 Å². The highest BCUT2D eigenvalue weighted by atomic mass is 16.5. The summed E-state index contributed by atoms with van der Waals surface area (Å²) in [6.07, 6.45) is 2.32. The summed E-state index contributed by atoms with van der Waals surface area (Å²) >= 11 is 0. The third-order valence-electron chi connectivity index (χ3n) is 3.09. The molecule has 3 heteroatoms. The molecule has 0 heterocycles. The SMILES string of the molecule is CCCN(CCNC)CCc1ccc(OC)cc1. The number of nitrogens with zero attached hydrogens (tertiary/aromatic N) is 1. The molecule has 102 valence electrons. The first-order valence-corrected chi connectivity index (χ1v) is 6.80. The Hall–Kier alpha value is -1.06. The predicted octanol–water partition coefficient (Wildman–Crippen LogP) is 2.17. The Morgan fingerprint density at radius 1 is 1.11 bits per heavy atom. The maximum absolute atomic E-state index is 5.17. The molecule has 1 aromatic carbocycles. The molecule has 0 fully saturated rings. The van der Waals surface area contributed by atoms with E-state index in [1.807, 2.05) is 19.2 Å². The molecule has 0 spiro atoms. The van der Waals surface area contributed by atoms with E-state index in [0.717, 1.165) is 31.8 Å². The van der Waals surface area contributed by atoms with Gasteiger partial charge in [-0.2, -0.15) is 0 Å². The van der Waals surface area contributed by atoms with Crippen LogP contribution in [0.3, 0.4) is 0 Å². The summed E-state index contributed by atoms with van der Waals surface area (Å²) < 4.78 is 5.17. The zero-order chi connectivity index (χ0) is 13.2. The number of hydrogen-bond acceptors (Lipinski definition) is 3. The molecule has 0 aliphatic heterocycles. The Morgan fingerprint density at radius 3 is 2.39 bits per heavy atom. The smallest absolute Gasteiger partial charge is 0.118 e. The van der Waals surface area contributed by atoms with Crippen LogP contribution in [0.25, 0.3) is 0 Å². The van der Waals surface area contributed by atoms with Gasteiger partial charge in [0.25, 0.3) is 0 Å². The summed E-state index contributed by atoms with van der Waals surface area (Å²) in [5, 5.41) is 3.21. The number of methoxy groups -OCH3 is 1. The van der Waals surface area contributed by atoms with Crippen molar-refractivity contribution in [3.05, 3.63) is 29.8 Å². The molecule has 1 rings (SSSR count). The largest absolute Gasteiger partial charge is 0.497 e. The van der Waals surface area contributed by atoms with Crippen LogP contribution in [0.5, 0.6) is 5.75 Å². The molecule has 0 aliphatic carbocycles. The number of benzene rings is 1. The third-order valence-corrected chi connectivity index (χ3v) is 3.09. The second-order valence-corrected chi connectivity index (χ2v) is 4.54. The monoisotopic (exact) mass is 250 g/mol. The quantitative estimate of drug-likeness (QED) is 0.727. The Labute approximate surface area is 111 Å². The summed E-state index contributed by atoms with van der Waals surface area (Å²) in [6.45, 7) is 6.72. The van der Waals surface area contributed by atoms with E-state index in [0.29, 0.717) is 0 Å². The van der Waals surface area contributed by atoms with E-state index in [1.165, 1.54) is 18.5 Å². The average molecular weight is 250 g/mol. The Balaban J connectivity index is 2.39. The van der Waals surface area contributed by atoms with E-state index in [1.54, 1.807) is 7.11 Å². The molecular formula is C15H26N2O. The van der Waals surface area contributed by atoms with Crippen molar-refractivity contribution >= 4 is 0 Å². The normalized spacial score (nSPS) is 10.9. The molecule has 0 radical (unpaired) electrons. The van der Waals surface area contributed by atoms with Crippen LogP contribution < -0.4 is 10.1 Å². The molecule has 0 atom stereocenters. The molecule has 18 heavy (non-hydrogen) atoms. The fourth-order valence-electron chi connectivity index (χ4n) is 2.00. The van der Waals surface area contributed by atoms with Crippen LogP contribution in [0.4, 0.5) is 0 Å². The van der Waals surface area contributed by atoms with Crippen molar-refractivity contribution in [3.8, 4) is 5.75 Å². The zero-order valence-corrected chi connectivity index (χ0v) is 11.9. The fraction of sp³-hybridized carbons (Fsp3) is 0.600.